The summed E-state index contributed by atoms with van der Waals surface area (Å²) in [7, 11) is 0. The Morgan fingerprint density at radius 2 is 1.94 bits per heavy atom. The van der Waals surface area contributed by atoms with Crippen LogP contribution in [0.25, 0.3) is 0 Å². The van der Waals surface area contributed by atoms with Gasteiger partial charge >= 0.3 is 5.97 Å². The lowest BCUT2D eigenvalue weighted by Crippen LogP contribution is -2.33. The van der Waals surface area contributed by atoms with Crippen LogP contribution in [0, 0.1) is 0 Å². The van der Waals surface area contributed by atoms with E-state index in [1.807, 2.05) is 38.1 Å². The molecule has 0 amide bonds. The van der Waals surface area contributed by atoms with Gasteiger partial charge in [0.25, 0.3) is 0 Å². The van der Waals surface area contributed by atoms with Gasteiger partial charge in [-0.1, -0.05) is 39.7 Å². The normalized spacial score (nSPS) is 13.2. The van der Waals surface area contributed by atoms with Crippen molar-refractivity contribution in [1.82, 2.24) is 0 Å². The van der Waals surface area contributed by atoms with Crippen LogP contribution in [0.4, 0.5) is 0 Å². The van der Waals surface area contributed by atoms with Crippen molar-refractivity contribution in [1.29, 1.82) is 0 Å². The van der Waals surface area contributed by atoms with Gasteiger partial charge in [-0.2, -0.15) is 0 Å². The van der Waals surface area contributed by atoms with Crippen molar-refractivity contribution in [3.63, 3.8) is 0 Å². The molecule has 1 aromatic rings. The van der Waals surface area contributed by atoms with Gasteiger partial charge in [-0.25, -0.2) is 0 Å². The second-order valence-electron chi connectivity index (χ2n) is 4.60. The van der Waals surface area contributed by atoms with E-state index in [1.165, 1.54) is 0 Å². The number of halogens is 2. The van der Waals surface area contributed by atoms with Crippen molar-refractivity contribution in [3.05, 3.63) is 34.9 Å². The summed E-state index contributed by atoms with van der Waals surface area (Å²) in [5, 5.41) is 0.706. The Kier molecular flexibility index (Phi) is 5.02. The van der Waals surface area contributed by atoms with Crippen molar-refractivity contribution in [3.8, 4) is 0 Å². The molecule has 0 aliphatic carbocycles. The second-order valence-corrected chi connectivity index (χ2v) is 6.41. The molecule has 0 radical (unpaired) electrons. The molecule has 1 atom stereocenters. The van der Waals surface area contributed by atoms with Crippen LogP contribution >= 0.6 is 27.5 Å². The number of hydrogen-bond donors (Lipinski definition) is 0. The molecule has 4 heteroatoms. The minimum absolute atomic E-state index is 0.246. The van der Waals surface area contributed by atoms with E-state index < -0.39 is 5.60 Å². The molecule has 1 aromatic carbocycles. The Labute approximate surface area is 115 Å². The van der Waals surface area contributed by atoms with Crippen LogP contribution in [0.15, 0.2) is 24.3 Å². The van der Waals surface area contributed by atoms with E-state index in [0.29, 0.717) is 11.4 Å². The van der Waals surface area contributed by atoms with E-state index in [1.54, 1.807) is 6.92 Å². The molecule has 0 unspecified atom stereocenters. The van der Waals surface area contributed by atoms with Gasteiger partial charge in [-0.15, -0.1) is 0 Å². The zero-order valence-electron chi connectivity index (χ0n) is 10.2. The number of esters is 1. The van der Waals surface area contributed by atoms with E-state index in [2.05, 4.69) is 15.9 Å². The quantitative estimate of drug-likeness (QED) is 0.619. The van der Waals surface area contributed by atoms with Crippen molar-refractivity contribution in [2.45, 2.75) is 37.6 Å². The lowest BCUT2D eigenvalue weighted by molar-refractivity contribution is -0.155. The van der Waals surface area contributed by atoms with Crippen LogP contribution < -0.4 is 0 Å². The first-order valence-corrected chi connectivity index (χ1v) is 6.71. The number of carbonyl (C=O) groups is 1. The molecule has 0 aliphatic rings. The predicted octanol–water partition coefficient (Wildman–Crippen LogP) is 3.99. The fraction of sp³-hybridized carbons (Fsp3) is 0.462. The molecular formula is C13H16BrClO2. The molecule has 0 bridgehead atoms. The average molecular weight is 320 g/mol. The highest BCUT2D eigenvalue weighted by molar-refractivity contribution is 9.10. The van der Waals surface area contributed by atoms with Gasteiger partial charge in [0.15, 0.2) is 0 Å². The third kappa shape index (κ3) is 5.09. The number of hydrogen-bond acceptors (Lipinski definition) is 2. The third-order valence-corrected chi connectivity index (χ3v) is 2.87. The Bertz CT molecular complexity index is 385. The lowest BCUT2D eigenvalue weighted by Gasteiger charge is -2.26. The summed E-state index contributed by atoms with van der Waals surface area (Å²) < 4.78 is 5.41. The molecular weight excluding hydrogens is 303 g/mol. The van der Waals surface area contributed by atoms with E-state index in [9.17, 15) is 4.79 Å². The van der Waals surface area contributed by atoms with E-state index in [0.717, 1.165) is 5.56 Å². The maximum atomic E-state index is 11.5. The van der Waals surface area contributed by atoms with Gasteiger partial charge in [0, 0.05) is 11.4 Å². The molecule has 0 heterocycles. The van der Waals surface area contributed by atoms with Crippen molar-refractivity contribution < 1.29 is 9.53 Å². The lowest BCUT2D eigenvalue weighted by atomic mass is 9.98. The molecule has 1 rings (SSSR count). The van der Waals surface area contributed by atoms with Crippen LogP contribution in [0.1, 0.15) is 26.3 Å². The van der Waals surface area contributed by atoms with Crippen LogP contribution in [0.2, 0.25) is 5.02 Å². The summed E-state index contributed by atoms with van der Waals surface area (Å²) >= 11 is 9.01. The summed E-state index contributed by atoms with van der Waals surface area (Å²) in [6, 6.07) is 7.55. The number of carbonyl (C=O) groups excluding carboxylic acids is 1. The van der Waals surface area contributed by atoms with Gasteiger partial charge in [0.1, 0.15) is 10.4 Å². The molecule has 0 spiro atoms. The molecule has 0 saturated heterocycles. The fourth-order valence-electron chi connectivity index (χ4n) is 1.48. The average Bonchev–Trinajstić information content (AvgIpc) is 2.20. The maximum absolute atomic E-state index is 11.5. The summed E-state index contributed by atoms with van der Waals surface area (Å²) in [6.45, 7) is 5.55. The van der Waals surface area contributed by atoms with Crippen molar-refractivity contribution in [2.75, 3.05) is 0 Å². The third-order valence-electron chi connectivity index (χ3n) is 2.24. The zero-order valence-corrected chi connectivity index (χ0v) is 12.5. The first-order chi connectivity index (χ1) is 7.80. The molecule has 0 N–H and O–H groups in total. The van der Waals surface area contributed by atoms with Gasteiger partial charge < -0.3 is 4.74 Å². The molecule has 0 saturated carbocycles. The first kappa shape index (κ1) is 14.5. The van der Waals surface area contributed by atoms with E-state index in [-0.39, 0.29) is 10.8 Å². The topological polar surface area (TPSA) is 26.3 Å². The van der Waals surface area contributed by atoms with Crippen LogP contribution in [-0.2, 0) is 16.0 Å². The van der Waals surface area contributed by atoms with E-state index >= 15 is 0 Å². The smallest absolute Gasteiger partial charge is 0.319 e. The molecule has 0 aliphatic heterocycles. The highest BCUT2D eigenvalue weighted by Crippen LogP contribution is 2.20. The summed E-state index contributed by atoms with van der Waals surface area (Å²) in [5.74, 6) is -0.246. The van der Waals surface area contributed by atoms with Crippen molar-refractivity contribution >= 4 is 33.5 Å². The van der Waals surface area contributed by atoms with Crippen LogP contribution in [0.5, 0.6) is 0 Å². The maximum Gasteiger partial charge on any atom is 0.319 e. The highest BCUT2D eigenvalue weighted by Gasteiger charge is 2.25. The number of alkyl halides is 1. The number of rotatable bonds is 4. The van der Waals surface area contributed by atoms with Crippen LogP contribution in [-0.4, -0.2) is 16.4 Å². The fourth-order valence-corrected chi connectivity index (χ4v) is 1.70. The largest absolute Gasteiger partial charge is 0.458 e. The predicted molar refractivity (Wildman–Crippen MR) is 73.7 cm³/mol. The Morgan fingerprint density at radius 1 is 1.41 bits per heavy atom. The van der Waals surface area contributed by atoms with Crippen LogP contribution in [0.3, 0.4) is 0 Å². The van der Waals surface area contributed by atoms with Crippen molar-refractivity contribution in [2.24, 2.45) is 0 Å². The second kappa shape index (κ2) is 5.87. The molecule has 0 fully saturated rings. The molecule has 17 heavy (non-hydrogen) atoms. The minimum atomic E-state index is -0.521. The number of ether oxygens (including phenoxy) is 1. The SMILES string of the molecule is C[C@@H](Br)C(=O)OC(C)(C)Cc1ccc(Cl)cc1. The zero-order chi connectivity index (χ0) is 13.1. The Morgan fingerprint density at radius 3 is 2.41 bits per heavy atom. The van der Waals surface area contributed by atoms with Gasteiger partial charge in [0.2, 0.25) is 0 Å². The summed E-state index contributed by atoms with van der Waals surface area (Å²) in [6.07, 6.45) is 0.662. The minimum Gasteiger partial charge on any atom is -0.458 e. The summed E-state index contributed by atoms with van der Waals surface area (Å²) in [4.78, 5) is 11.2. The van der Waals surface area contributed by atoms with E-state index in [4.69, 9.17) is 16.3 Å². The van der Waals surface area contributed by atoms with Gasteiger partial charge in [-0.05, 0) is 38.5 Å². The monoisotopic (exact) mass is 318 g/mol. The Hall–Kier alpha value is -0.540. The number of benzene rings is 1. The summed E-state index contributed by atoms with van der Waals surface area (Å²) in [5.41, 5.74) is 0.571. The highest BCUT2D eigenvalue weighted by atomic mass is 79.9. The molecule has 94 valence electrons. The Balaban J connectivity index is 2.66. The molecule has 2 nitrogen and oxygen atoms in total. The molecule has 0 aromatic heterocycles. The van der Waals surface area contributed by atoms with Gasteiger partial charge in [-0.3, -0.25) is 4.79 Å². The standard InChI is InChI=1S/C13H16BrClO2/c1-9(14)12(16)17-13(2,3)8-10-4-6-11(15)7-5-10/h4-7,9H,8H2,1-3H3/t9-/m1/s1. The first-order valence-electron chi connectivity index (χ1n) is 5.41. The van der Waals surface area contributed by atoms with Gasteiger partial charge in [0.05, 0.1) is 0 Å².